The monoisotopic (exact) mass is 532 g/mol. The minimum atomic E-state index is -1.29. The maximum Gasteiger partial charge on any atom is 0.107 e. The van der Waals surface area contributed by atoms with Crippen molar-refractivity contribution in [1.29, 1.82) is 0 Å². The van der Waals surface area contributed by atoms with Gasteiger partial charge in [0.1, 0.15) is 16.1 Å². The summed E-state index contributed by atoms with van der Waals surface area (Å²) in [6.07, 6.45) is 1.12. The molecule has 4 heteroatoms. The van der Waals surface area contributed by atoms with Gasteiger partial charge in [-0.15, -0.1) is 0 Å². The minimum Gasteiger partial charge on any atom is -0.352 e. The lowest BCUT2D eigenvalue weighted by Gasteiger charge is -2.28. The Bertz CT molecular complexity index is 1300. The Morgan fingerprint density at radius 2 is 0.973 bits per heavy atom. The number of aromatic nitrogens is 2. The molecule has 0 atom stereocenters. The molecule has 0 spiro atoms. The van der Waals surface area contributed by atoms with E-state index in [1.165, 1.54) is 69.2 Å². The van der Waals surface area contributed by atoms with E-state index < -0.39 is 16.1 Å². The summed E-state index contributed by atoms with van der Waals surface area (Å²) in [7, 11) is 1.94. The van der Waals surface area contributed by atoms with Gasteiger partial charge in [-0.25, -0.2) is 0 Å². The Morgan fingerprint density at radius 3 is 1.38 bits per heavy atom. The number of aryl methyl sites for hydroxylation is 4. The van der Waals surface area contributed by atoms with Gasteiger partial charge in [-0.2, -0.15) is 0 Å². The van der Waals surface area contributed by atoms with Crippen LogP contribution >= 0.6 is 0 Å². The average Bonchev–Trinajstić information content (AvgIpc) is 3.46. The first-order valence-corrected chi connectivity index (χ1v) is 20.1. The van der Waals surface area contributed by atoms with Crippen LogP contribution in [-0.4, -0.2) is 25.3 Å². The lowest BCUT2D eigenvalue weighted by Crippen LogP contribution is -2.48. The van der Waals surface area contributed by atoms with Gasteiger partial charge in [0.15, 0.2) is 0 Å². The summed E-state index contributed by atoms with van der Waals surface area (Å²) in [6.45, 7) is 18.8. The number of benzene rings is 2. The summed E-state index contributed by atoms with van der Waals surface area (Å²) in [5, 5.41) is 6.21. The van der Waals surface area contributed by atoms with Crippen LogP contribution in [0.2, 0.25) is 36.3 Å². The zero-order valence-corrected chi connectivity index (χ0v) is 27.5. The molecule has 0 unspecified atom stereocenters. The summed E-state index contributed by atoms with van der Waals surface area (Å²) in [4.78, 5) is 0. The molecule has 0 N–H and O–H groups in total. The number of fused-ring (bicyclic) bond motifs is 2. The molecule has 0 aliphatic rings. The summed E-state index contributed by atoms with van der Waals surface area (Å²) in [6, 6.07) is 26.5. The fourth-order valence-electron chi connectivity index (χ4n) is 6.84. The molecule has 2 aromatic heterocycles. The molecule has 4 aromatic rings. The van der Waals surface area contributed by atoms with E-state index in [-0.39, 0.29) is 0 Å². The molecule has 0 saturated carbocycles. The van der Waals surface area contributed by atoms with Crippen molar-refractivity contribution in [2.45, 2.75) is 98.1 Å². The van der Waals surface area contributed by atoms with Crippen LogP contribution in [0.5, 0.6) is 0 Å². The molecule has 2 heterocycles. The highest BCUT2D eigenvalue weighted by molar-refractivity contribution is 6.92. The molecule has 0 amide bonds. The number of nitrogens with zero attached hydrogens (tertiary/aromatic N) is 2. The highest BCUT2D eigenvalue weighted by atomic mass is 28.3. The van der Waals surface area contributed by atoms with Gasteiger partial charge in [0, 0.05) is 46.5 Å². The number of hydrogen-bond donors (Lipinski definition) is 0. The Hall–Kier alpha value is -2.05. The molecule has 0 aliphatic heterocycles. The third kappa shape index (κ3) is 5.16. The Balaban J connectivity index is 0.000000206. The number of rotatable bonds is 9. The van der Waals surface area contributed by atoms with Gasteiger partial charge >= 0.3 is 0 Å². The zero-order valence-electron chi connectivity index (χ0n) is 25.5. The molecule has 4 rings (SSSR count). The smallest absolute Gasteiger partial charge is 0.107 e. The maximum absolute atomic E-state index is 2.51. The molecule has 0 aliphatic carbocycles. The quantitative estimate of drug-likeness (QED) is 0.191. The number of hydrogen-bond acceptors (Lipinski definition) is 0. The van der Waals surface area contributed by atoms with Crippen LogP contribution in [-0.2, 0) is 20.5 Å². The van der Waals surface area contributed by atoms with E-state index in [1.54, 1.807) is 10.6 Å². The van der Waals surface area contributed by atoms with E-state index in [0.717, 1.165) is 6.42 Å². The second-order valence-electron chi connectivity index (χ2n) is 11.1. The van der Waals surface area contributed by atoms with Crippen LogP contribution < -0.4 is 10.6 Å². The standard InChI is InChI=1S/C17H27NSi.C16H25NSi/c1-6-14-11-10-12-16-15(14)13-17(18(16)5)19(7-2,8-3)9-4;1-6-18(7-2,8-3)16-12-14-13(4)10-9-11-15(14)17(16)5/h10-13H,6-9H2,1-5H3;9-12H,6-8H2,1-5H3. The highest BCUT2D eigenvalue weighted by Crippen LogP contribution is 2.27. The van der Waals surface area contributed by atoms with Crippen molar-refractivity contribution >= 4 is 48.6 Å². The lowest BCUT2D eigenvalue weighted by atomic mass is 10.1. The fourth-order valence-corrected chi connectivity index (χ4v) is 14.6. The topological polar surface area (TPSA) is 9.86 Å². The molecule has 0 bridgehead atoms. The first-order chi connectivity index (χ1) is 17.7. The van der Waals surface area contributed by atoms with Gasteiger partial charge in [0.05, 0.1) is 0 Å². The van der Waals surface area contributed by atoms with E-state index >= 15 is 0 Å². The predicted octanol–water partition coefficient (Wildman–Crippen LogP) is 8.66. The Morgan fingerprint density at radius 1 is 0.568 bits per heavy atom. The predicted molar refractivity (Wildman–Crippen MR) is 174 cm³/mol. The van der Waals surface area contributed by atoms with Gasteiger partial charge < -0.3 is 9.13 Å². The molecule has 0 fully saturated rings. The van der Waals surface area contributed by atoms with Gasteiger partial charge in [-0.05, 0) is 48.7 Å². The van der Waals surface area contributed by atoms with Crippen molar-refractivity contribution < 1.29 is 0 Å². The van der Waals surface area contributed by atoms with Crippen LogP contribution in [0.1, 0.15) is 59.6 Å². The van der Waals surface area contributed by atoms with Crippen molar-refractivity contribution in [1.82, 2.24) is 9.13 Å². The minimum absolute atomic E-state index is 1.12. The lowest BCUT2D eigenvalue weighted by molar-refractivity contribution is 0.982. The van der Waals surface area contributed by atoms with Crippen LogP contribution in [0.3, 0.4) is 0 Å². The second-order valence-corrected chi connectivity index (χ2v) is 21.5. The van der Waals surface area contributed by atoms with Crippen molar-refractivity contribution in [2.75, 3.05) is 0 Å². The summed E-state index contributed by atoms with van der Waals surface area (Å²) < 4.78 is 4.95. The van der Waals surface area contributed by atoms with Gasteiger partial charge in [0.2, 0.25) is 0 Å². The first-order valence-electron chi connectivity index (χ1n) is 14.9. The molecule has 202 valence electrons. The van der Waals surface area contributed by atoms with Crippen molar-refractivity contribution in [3.63, 3.8) is 0 Å². The van der Waals surface area contributed by atoms with Gasteiger partial charge in [0.25, 0.3) is 0 Å². The fraction of sp³-hybridized carbons (Fsp3) is 0.515. The third-order valence-electron chi connectivity index (χ3n) is 10.0. The molecule has 0 radical (unpaired) electrons. The van der Waals surface area contributed by atoms with E-state index in [9.17, 15) is 0 Å². The Kier molecular flexibility index (Phi) is 9.74. The van der Waals surface area contributed by atoms with E-state index in [0.29, 0.717) is 0 Å². The van der Waals surface area contributed by atoms with Gasteiger partial charge in [-0.3, -0.25) is 0 Å². The molecule has 2 nitrogen and oxygen atoms in total. The molecule has 0 saturated heterocycles. The summed E-state index contributed by atoms with van der Waals surface area (Å²) >= 11 is 0. The van der Waals surface area contributed by atoms with Crippen LogP contribution in [0.15, 0.2) is 48.5 Å². The summed E-state index contributed by atoms with van der Waals surface area (Å²) in [5.41, 5.74) is 5.71. The van der Waals surface area contributed by atoms with Gasteiger partial charge in [-0.1, -0.05) is 109 Å². The summed E-state index contributed by atoms with van der Waals surface area (Å²) in [5.74, 6) is 0. The average molecular weight is 533 g/mol. The molecule has 2 aromatic carbocycles. The van der Waals surface area contributed by atoms with E-state index in [1.807, 2.05) is 0 Å². The zero-order chi connectivity index (χ0) is 27.4. The molecular weight excluding hydrogens is 481 g/mol. The van der Waals surface area contributed by atoms with Crippen molar-refractivity contribution in [3.05, 3.63) is 59.7 Å². The largest absolute Gasteiger partial charge is 0.352 e. The van der Waals surface area contributed by atoms with Crippen LogP contribution in [0.4, 0.5) is 0 Å². The maximum atomic E-state index is 2.51. The van der Waals surface area contributed by atoms with Crippen molar-refractivity contribution in [2.24, 2.45) is 14.1 Å². The SMILES string of the molecule is CC[Si](CC)(CC)c1cc2c(C)cccc2n1C.CCc1cccc2c1cc([Si](CC)(CC)CC)n2C. The van der Waals surface area contributed by atoms with Crippen molar-refractivity contribution in [3.8, 4) is 0 Å². The molecule has 37 heavy (non-hydrogen) atoms. The van der Waals surface area contributed by atoms with Crippen LogP contribution in [0, 0.1) is 6.92 Å². The highest BCUT2D eigenvalue weighted by Gasteiger charge is 2.33. The third-order valence-corrected chi connectivity index (χ3v) is 21.3. The van der Waals surface area contributed by atoms with E-state index in [2.05, 4.69) is 127 Å². The second kappa shape index (κ2) is 12.2. The molecular formula is C33H52N2Si2. The van der Waals surface area contributed by atoms with Crippen LogP contribution in [0.25, 0.3) is 21.8 Å². The van der Waals surface area contributed by atoms with E-state index in [4.69, 9.17) is 0 Å². The first kappa shape index (κ1) is 29.5. The Labute approximate surface area is 229 Å². The normalized spacial score (nSPS) is 12.3.